The first-order valence-electron chi connectivity index (χ1n) is 5.91. The van der Waals surface area contributed by atoms with E-state index in [1.165, 1.54) is 0 Å². The minimum Gasteiger partial charge on any atom is -0.320 e. The second kappa shape index (κ2) is 5.96. The van der Waals surface area contributed by atoms with E-state index in [1.54, 1.807) is 24.4 Å². The van der Waals surface area contributed by atoms with Crippen LogP contribution in [0, 0.1) is 6.92 Å². The van der Waals surface area contributed by atoms with Crippen molar-refractivity contribution in [2.75, 3.05) is 5.32 Å². The molecule has 0 fully saturated rings. The Kier molecular flexibility index (Phi) is 4.07. The van der Waals surface area contributed by atoms with Crippen LogP contribution in [0.5, 0.6) is 0 Å². The average Bonchev–Trinajstić information content (AvgIpc) is 2.42. The molecule has 2 rings (SSSR count). The van der Waals surface area contributed by atoms with E-state index >= 15 is 0 Å². The van der Waals surface area contributed by atoms with Gasteiger partial charge in [-0.15, -0.1) is 0 Å². The Labute approximate surface area is 107 Å². The molecular weight excluding hydrogens is 224 g/mol. The predicted molar refractivity (Wildman–Crippen MR) is 72.3 cm³/mol. The van der Waals surface area contributed by atoms with Gasteiger partial charge in [0.15, 0.2) is 0 Å². The molecule has 0 saturated carbocycles. The molecule has 0 bridgehead atoms. The zero-order chi connectivity index (χ0) is 12.8. The number of amides is 1. The number of hydrogen-bond acceptors (Lipinski definition) is 2. The zero-order valence-corrected chi connectivity index (χ0v) is 10.1. The number of para-hydroxylation sites is 1. The third-order valence-corrected chi connectivity index (χ3v) is 2.61. The largest absolute Gasteiger partial charge is 0.320 e. The van der Waals surface area contributed by atoms with Gasteiger partial charge in [0.2, 0.25) is 0 Å². The number of aryl methyl sites for hydroxylation is 1. The van der Waals surface area contributed by atoms with Crippen molar-refractivity contribution in [2.24, 2.45) is 0 Å². The fourth-order valence-corrected chi connectivity index (χ4v) is 1.73. The third-order valence-electron chi connectivity index (χ3n) is 2.61. The monoisotopic (exact) mass is 239 g/mol. The topological polar surface area (TPSA) is 42.0 Å². The molecule has 3 heteroatoms. The molecule has 0 unspecified atom stereocenters. The normalized spacial score (nSPS) is 10.1. The fraction of sp³-hybridized carbons (Fsp3) is 0.133. The lowest BCUT2D eigenvalue weighted by molar-refractivity contribution is 0.102. The third kappa shape index (κ3) is 2.94. The highest BCUT2D eigenvalue weighted by atomic mass is 16.1. The first-order chi connectivity index (χ1) is 8.81. The van der Waals surface area contributed by atoms with Crippen LogP contribution in [-0.4, -0.2) is 10.9 Å². The number of anilines is 1. The van der Waals surface area contributed by atoms with E-state index in [0.29, 0.717) is 5.69 Å². The molecule has 1 radical (unpaired) electrons. The fourth-order valence-electron chi connectivity index (χ4n) is 1.73. The minimum atomic E-state index is -0.188. The lowest BCUT2D eigenvalue weighted by atomic mass is 10.1. The number of rotatable bonds is 4. The van der Waals surface area contributed by atoms with Gasteiger partial charge in [0.25, 0.3) is 5.91 Å². The number of nitrogens with one attached hydrogen (secondary N) is 1. The molecule has 1 amide bonds. The summed E-state index contributed by atoms with van der Waals surface area (Å²) in [7, 11) is 0. The second-order valence-corrected chi connectivity index (χ2v) is 3.93. The molecule has 18 heavy (non-hydrogen) atoms. The number of carbonyl (C=O) groups is 1. The number of pyridine rings is 1. The Balaban J connectivity index is 2.17. The molecule has 3 nitrogen and oxygen atoms in total. The summed E-state index contributed by atoms with van der Waals surface area (Å²) in [6, 6.07) is 13.0. The maximum atomic E-state index is 12.0. The molecule has 1 heterocycles. The van der Waals surface area contributed by atoms with Crippen molar-refractivity contribution in [1.29, 1.82) is 0 Å². The molecule has 1 aromatic heterocycles. The van der Waals surface area contributed by atoms with Gasteiger partial charge in [-0.05, 0) is 36.6 Å². The van der Waals surface area contributed by atoms with Crippen LogP contribution >= 0.6 is 0 Å². The first kappa shape index (κ1) is 12.3. The van der Waals surface area contributed by atoms with Crippen molar-refractivity contribution < 1.29 is 4.79 Å². The van der Waals surface area contributed by atoms with Gasteiger partial charge in [-0.25, -0.2) is 0 Å². The van der Waals surface area contributed by atoms with Crippen LogP contribution in [-0.2, 0) is 6.42 Å². The number of hydrogen-bond donors (Lipinski definition) is 1. The molecule has 1 aromatic carbocycles. The Morgan fingerprint density at radius 3 is 2.67 bits per heavy atom. The van der Waals surface area contributed by atoms with Crippen LogP contribution in [0.25, 0.3) is 0 Å². The summed E-state index contributed by atoms with van der Waals surface area (Å²) in [6.07, 6.45) is 3.26. The first-order valence-corrected chi connectivity index (χ1v) is 5.91. The standard InChI is InChI=1S/C15H15N2O/c1-2-7-12-8-3-4-9-13(12)17-15(18)14-10-5-6-11-16-14/h3-6,8-11H,1-2,7H2,(H,17,18). The van der Waals surface area contributed by atoms with Gasteiger partial charge >= 0.3 is 0 Å². The Morgan fingerprint density at radius 2 is 1.94 bits per heavy atom. The van der Waals surface area contributed by atoms with Crippen molar-refractivity contribution in [3.8, 4) is 0 Å². The van der Waals surface area contributed by atoms with Crippen molar-refractivity contribution in [3.63, 3.8) is 0 Å². The van der Waals surface area contributed by atoms with Crippen molar-refractivity contribution in [1.82, 2.24) is 4.98 Å². The zero-order valence-electron chi connectivity index (χ0n) is 10.1. The highest BCUT2D eigenvalue weighted by Gasteiger charge is 2.08. The molecule has 91 valence electrons. The summed E-state index contributed by atoms with van der Waals surface area (Å²) in [5.41, 5.74) is 2.34. The van der Waals surface area contributed by atoms with Crippen LogP contribution in [0.2, 0.25) is 0 Å². The molecule has 1 N–H and O–H groups in total. The van der Waals surface area contributed by atoms with E-state index in [1.807, 2.05) is 24.3 Å². The van der Waals surface area contributed by atoms with E-state index in [-0.39, 0.29) is 5.91 Å². The highest BCUT2D eigenvalue weighted by Crippen LogP contribution is 2.17. The molecule has 0 atom stereocenters. The van der Waals surface area contributed by atoms with E-state index in [9.17, 15) is 4.79 Å². The van der Waals surface area contributed by atoms with Crippen LogP contribution in [0.15, 0.2) is 48.7 Å². The Morgan fingerprint density at radius 1 is 1.17 bits per heavy atom. The summed E-state index contributed by atoms with van der Waals surface area (Å²) in [6.45, 7) is 3.83. The SMILES string of the molecule is [CH2]CCc1ccccc1NC(=O)c1ccccn1. The maximum absolute atomic E-state index is 12.0. The van der Waals surface area contributed by atoms with Crippen molar-refractivity contribution in [3.05, 3.63) is 66.8 Å². The molecule has 0 saturated heterocycles. The highest BCUT2D eigenvalue weighted by molar-refractivity contribution is 6.03. The molecule has 2 aromatic rings. The van der Waals surface area contributed by atoms with Gasteiger partial charge in [0, 0.05) is 11.9 Å². The molecular formula is C15H15N2O. The van der Waals surface area contributed by atoms with Gasteiger partial charge in [0.1, 0.15) is 5.69 Å². The average molecular weight is 239 g/mol. The van der Waals surface area contributed by atoms with Gasteiger partial charge in [0.05, 0.1) is 0 Å². The lowest BCUT2D eigenvalue weighted by Crippen LogP contribution is -2.14. The van der Waals surface area contributed by atoms with Crippen LogP contribution in [0.3, 0.4) is 0 Å². The van der Waals surface area contributed by atoms with E-state index in [0.717, 1.165) is 24.1 Å². The quantitative estimate of drug-likeness (QED) is 0.890. The molecule has 0 spiro atoms. The number of aromatic nitrogens is 1. The summed E-state index contributed by atoms with van der Waals surface area (Å²) < 4.78 is 0. The van der Waals surface area contributed by atoms with Crippen LogP contribution < -0.4 is 5.32 Å². The van der Waals surface area contributed by atoms with Gasteiger partial charge in [-0.1, -0.05) is 31.2 Å². The smallest absolute Gasteiger partial charge is 0.274 e. The van der Waals surface area contributed by atoms with Crippen molar-refractivity contribution in [2.45, 2.75) is 12.8 Å². The second-order valence-electron chi connectivity index (χ2n) is 3.93. The summed E-state index contributed by atoms with van der Waals surface area (Å²) in [5, 5.41) is 2.88. The summed E-state index contributed by atoms with van der Waals surface area (Å²) >= 11 is 0. The van der Waals surface area contributed by atoms with Crippen LogP contribution in [0.4, 0.5) is 5.69 Å². The number of carbonyl (C=O) groups excluding carboxylic acids is 1. The predicted octanol–water partition coefficient (Wildman–Crippen LogP) is 3.10. The van der Waals surface area contributed by atoms with Gasteiger partial charge < -0.3 is 5.32 Å². The molecule has 0 aliphatic heterocycles. The molecule has 0 aliphatic rings. The summed E-state index contributed by atoms with van der Waals surface area (Å²) in [4.78, 5) is 16.0. The number of benzene rings is 1. The lowest BCUT2D eigenvalue weighted by Gasteiger charge is -2.09. The maximum Gasteiger partial charge on any atom is 0.274 e. The van der Waals surface area contributed by atoms with Crippen LogP contribution in [0.1, 0.15) is 22.5 Å². The van der Waals surface area contributed by atoms with E-state index in [2.05, 4.69) is 17.2 Å². The Hall–Kier alpha value is -2.16. The van der Waals surface area contributed by atoms with Gasteiger partial charge in [-0.3, -0.25) is 9.78 Å². The van der Waals surface area contributed by atoms with Crippen molar-refractivity contribution >= 4 is 11.6 Å². The molecule has 0 aliphatic carbocycles. The van der Waals surface area contributed by atoms with E-state index in [4.69, 9.17) is 0 Å². The Bertz CT molecular complexity index is 523. The number of nitrogens with zero attached hydrogens (tertiary/aromatic N) is 1. The summed E-state index contributed by atoms with van der Waals surface area (Å²) in [5.74, 6) is -0.188. The minimum absolute atomic E-state index is 0.188. The van der Waals surface area contributed by atoms with Gasteiger partial charge in [-0.2, -0.15) is 0 Å². The van der Waals surface area contributed by atoms with E-state index < -0.39 is 0 Å².